The first-order valence-corrected chi connectivity index (χ1v) is 7.61. The predicted octanol–water partition coefficient (Wildman–Crippen LogP) is 2.08. The Balaban J connectivity index is 1.93. The van der Waals surface area contributed by atoms with Gasteiger partial charge in [-0.1, -0.05) is 18.3 Å². The maximum absolute atomic E-state index is 10.5. The highest BCUT2D eigenvalue weighted by Crippen LogP contribution is 2.34. The molecule has 0 aliphatic carbocycles. The van der Waals surface area contributed by atoms with Crippen molar-refractivity contribution >= 4 is 26.8 Å². The lowest BCUT2D eigenvalue weighted by atomic mass is 9.91. The standard InChI is InChI=1S/C13H20N4OS/c1-4-13(18)6-5-7-17(8-13)12-14-11-10(19-12)9(2)15-16(11)3/h18H,4-8H2,1-3H3/t13-/m1/s1. The molecule has 3 rings (SSSR count). The Morgan fingerprint density at radius 3 is 2.95 bits per heavy atom. The number of thiazole rings is 1. The fourth-order valence-corrected chi connectivity index (χ4v) is 3.83. The first-order valence-electron chi connectivity index (χ1n) is 6.80. The molecule has 5 nitrogen and oxygen atoms in total. The molecule has 1 fully saturated rings. The van der Waals surface area contributed by atoms with Crippen molar-refractivity contribution in [3.8, 4) is 0 Å². The zero-order valence-electron chi connectivity index (χ0n) is 11.7. The van der Waals surface area contributed by atoms with Crippen molar-refractivity contribution in [2.45, 2.75) is 38.7 Å². The summed E-state index contributed by atoms with van der Waals surface area (Å²) in [4.78, 5) is 6.91. The maximum Gasteiger partial charge on any atom is 0.188 e. The van der Waals surface area contributed by atoms with E-state index in [0.29, 0.717) is 6.54 Å². The molecule has 0 radical (unpaired) electrons. The Labute approximate surface area is 116 Å². The summed E-state index contributed by atoms with van der Waals surface area (Å²) < 4.78 is 2.99. The normalized spacial score (nSPS) is 24.3. The quantitative estimate of drug-likeness (QED) is 0.915. The molecule has 1 saturated heterocycles. The Morgan fingerprint density at radius 1 is 1.47 bits per heavy atom. The Bertz CT molecular complexity index is 571. The van der Waals surface area contributed by atoms with Crippen LogP contribution >= 0.6 is 11.3 Å². The largest absolute Gasteiger partial charge is 0.388 e. The van der Waals surface area contributed by atoms with Gasteiger partial charge in [0.2, 0.25) is 0 Å². The summed E-state index contributed by atoms with van der Waals surface area (Å²) in [6, 6.07) is 0. The Kier molecular flexibility index (Phi) is 3.02. The topological polar surface area (TPSA) is 54.2 Å². The molecule has 0 spiro atoms. The zero-order chi connectivity index (χ0) is 13.6. The van der Waals surface area contributed by atoms with Crippen LogP contribution in [0.2, 0.25) is 0 Å². The van der Waals surface area contributed by atoms with Crippen LogP contribution in [-0.2, 0) is 7.05 Å². The molecule has 1 aliphatic rings. The number of β-amino-alcohol motifs (C(OH)–C–C–N with tert-alkyl or cyclic N) is 1. The van der Waals surface area contributed by atoms with E-state index in [4.69, 9.17) is 4.98 Å². The minimum Gasteiger partial charge on any atom is -0.388 e. The highest BCUT2D eigenvalue weighted by molar-refractivity contribution is 7.22. The summed E-state index contributed by atoms with van der Waals surface area (Å²) in [5, 5.41) is 15.9. The van der Waals surface area contributed by atoms with Crippen molar-refractivity contribution in [3.63, 3.8) is 0 Å². The number of aliphatic hydroxyl groups is 1. The molecule has 0 saturated carbocycles. The van der Waals surface area contributed by atoms with Crippen molar-refractivity contribution in [2.75, 3.05) is 18.0 Å². The van der Waals surface area contributed by atoms with E-state index >= 15 is 0 Å². The van der Waals surface area contributed by atoms with Gasteiger partial charge in [-0.3, -0.25) is 0 Å². The van der Waals surface area contributed by atoms with Crippen LogP contribution in [-0.4, -0.2) is 38.6 Å². The third-order valence-electron chi connectivity index (χ3n) is 4.02. The molecule has 0 aromatic carbocycles. The van der Waals surface area contributed by atoms with E-state index in [0.717, 1.165) is 47.0 Å². The van der Waals surface area contributed by atoms with Crippen LogP contribution < -0.4 is 4.90 Å². The van der Waals surface area contributed by atoms with E-state index in [1.54, 1.807) is 11.3 Å². The minimum absolute atomic E-state index is 0.552. The fraction of sp³-hybridized carbons (Fsp3) is 0.692. The van der Waals surface area contributed by atoms with Gasteiger partial charge in [0.25, 0.3) is 0 Å². The van der Waals surface area contributed by atoms with Gasteiger partial charge in [0.1, 0.15) is 0 Å². The van der Waals surface area contributed by atoms with Crippen LogP contribution in [0.1, 0.15) is 31.9 Å². The van der Waals surface area contributed by atoms with E-state index in [-0.39, 0.29) is 0 Å². The molecular formula is C13H20N4OS. The Morgan fingerprint density at radius 2 is 2.26 bits per heavy atom. The molecule has 1 aliphatic heterocycles. The number of hydrogen-bond acceptors (Lipinski definition) is 5. The van der Waals surface area contributed by atoms with E-state index < -0.39 is 5.60 Å². The first kappa shape index (κ1) is 12.9. The second kappa shape index (κ2) is 4.45. The number of anilines is 1. The van der Waals surface area contributed by atoms with Crippen molar-refractivity contribution in [2.24, 2.45) is 7.05 Å². The third kappa shape index (κ3) is 2.12. The van der Waals surface area contributed by atoms with Gasteiger partial charge < -0.3 is 10.0 Å². The zero-order valence-corrected chi connectivity index (χ0v) is 12.5. The van der Waals surface area contributed by atoms with Gasteiger partial charge in [-0.25, -0.2) is 9.67 Å². The highest BCUT2D eigenvalue weighted by Gasteiger charge is 2.33. The van der Waals surface area contributed by atoms with E-state index in [1.165, 1.54) is 0 Å². The summed E-state index contributed by atoms with van der Waals surface area (Å²) in [6.07, 6.45) is 2.72. The van der Waals surface area contributed by atoms with Crippen molar-refractivity contribution in [1.82, 2.24) is 14.8 Å². The lowest BCUT2D eigenvalue weighted by Gasteiger charge is -2.38. The van der Waals surface area contributed by atoms with Gasteiger partial charge in [-0.2, -0.15) is 5.10 Å². The molecule has 0 unspecified atom stereocenters. The van der Waals surface area contributed by atoms with Gasteiger partial charge in [-0.15, -0.1) is 0 Å². The van der Waals surface area contributed by atoms with Crippen LogP contribution in [0.4, 0.5) is 5.13 Å². The number of aryl methyl sites for hydroxylation is 2. The third-order valence-corrected chi connectivity index (χ3v) is 5.23. The van der Waals surface area contributed by atoms with E-state index in [9.17, 15) is 5.11 Å². The fourth-order valence-electron chi connectivity index (χ4n) is 2.77. The molecule has 1 atom stereocenters. The van der Waals surface area contributed by atoms with Gasteiger partial charge in [0, 0.05) is 20.1 Å². The van der Waals surface area contributed by atoms with Crippen LogP contribution in [0.25, 0.3) is 10.3 Å². The van der Waals surface area contributed by atoms with Crippen LogP contribution in [0.3, 0.4) is 0 Å². The van der Waals surface area contributed by atoms with Gasteiger partial charge in [0.05, 0.1) is 16.0 Å². The molecular weight excluding hydrogens is 260 g/mol. The lowest BCUT2D eigenvalue weighted by molar-refractivity contribution is 0.0223. The molecule has 104 valence electrons. The minimum atomic E-state index is -0.552. The summed E-state index contributed by atoms with van der Waals surface area (Å²) in [5.74, 6) is 0. The van der Waals surface area contributed by atoms with Gasteiger partial charge in [-0.05, 0) is 26.2 Å². The molecule has 0 bridgehead atoms. The summed E-state index contributed by atoms with van der Waals surface area (Å²) >= 11 is 1.68. The summed E-state index contributed by atoms with van der Waals surface area (Å²) in [7, 11) is 1.93. The van der Waals surface area contributed by atoms with E-state index in [2.05, 4.69) is 16.9 Å². The van der Waals surface area contributed by atoms with Crippen molar-refractivity contribution in [1.29, 1.82) is 0 Å². The average molecular weight is 280 g/mol. The van der Waals surface area contributed by atoms with Crippen molar-refractivity contribution < 1.29 is 5.11 Å². The van der Waals surface area contributed by atoms with Crippen molar-refractivity contribution in [3.05, 3.63) is 5.69 Å². The smallest absolute Gasteiger partial charge is 0.188 e. The first-order chi connectivity index (χ1) is 9.02. The molecule has 6 heteroatoms. The van der Waals surface area contributed by atoms with Crippen LogP contribution in [0.5, 0.6) is 0 Å². The maximum atomic E-state index is 10.5. The van der Waals surface area contributed by atoms with Gasteiger partial charge >= 0.3 is 0 Å². The Hall–Kier alpha value is -1.14. The molecule has 2 aromatic rings. The SMILES string of the molecule is CC[C@@]1(O)CCCN(c2nc3c(s2)c(C)nn3C)C1. The highest BCUT2D eigenvalue weighted by atomic mass is 32.1. The number of hydrogen-bond donors (Lipinski definition) is 1. The number of fused-ring (bicyclic) bond motifs is 1. The number of nitrogens with zero attached hydrogens (tertiary/aromatic N) is 4. The molecule has 3 heterocycles. The molecule has 19 heavy (non-hydrogen) atoms. The number of piperidine rings is 1. The number of aromatic nitrogens is 3. The molecule has 2 aromatic heterocycles. The average Bonchev–Trinajstić information content (AvgIpc) is 2.93. The second-order valence-electron chi connectivity index (χ2n) is 5.46. The lowest BCUT2D eigenvalue weighted by Crippen LogP contribution is -2.47. The predicted molar refractivity (Wildman–Crippen MR) is 77.8 cm³/mol. The van der Waals surface area contributed by atoms with Gasteiger partial charge in [0.15, 0.2) is 10.8 Å². The second-order valence-corrected chi connectivity index (χ2v) is 6.44. The summed E-state index contributed by atoms with van der Waals surface area (Å²) in [6.45, 7) is 5.74. The molecule has 0 amide bonds. The van der Waals surface area contributed by atoms with Crippen LogP contribution in [0, 0.1) is 6.92 Å². The summed E-state index contributed by atoms with van der Waals surface area (Å²) in [5.41, 5.74) is 1.43. The monoisotopic (exact) mass is 280 g/mol. The van der Waals surface area contributed by atoms with Crippen LogP contribution in [0.15, 0.2) is 0 Å². The number of rotatable bonds is 2. The molecule has 1 N–H and O–H groups in total. The van der Waals surface area contributed by atoms with E-state index in [1.807, 2.05) is 18.7 Å².